The van der Waals surface area contributed by atoms with E-state index in [2.05, 4.69) is 10.2 Å². The van der Waals surface area contributed by atoms with Crippen molar-refractivity contribution in [2.75, 3.05) is 13.2 Å². The van der Waals surface area contributed by atoms with Gasteiger partial charge in [-0.3, -0.25) is 14.9 Å². The zero-order valence-electron chi connectivity index (χ0n) is 21.2. The third kappa shape index (κ3) is 5.02. The minimum atomic E-state index is -0.486. The highest BCUT2D eigenvalue weighted by atomic mass is 32.1. The maximum Gasteiger partial charge on any atom is 0.296 e. The predicted molar refractivity (Wildman–Crippen MR) is 140 cm³/mol. The number of nitro groups is 1. The van der Waals surface area contributed by atoms with Gasteiger partial charge in [0.25, 0.3) is 5.69 Å². The van der Waals surface area contributed by atoms with Crippen LogP contribution in [0, 0.1) is 20.9 Å². The molecule has 0 bridgehead atoms. The number of para-hydroxylation sites is 1. The molecule has 0 atom stereocenters. The molecular weight excluding hydrogens is 478 g/mol. The van der Waals surface area contributed by atoms with Crippen LogP contribution in [0.25, 0.3) is 5.70 Å². The van der Waals surface area contributed by atoms with Crippen LogP contribution in [0.2, 0.25) is 0 Å². The van der Waals surface area contributed by atoms with Gasteiger partial charge in [-0.15, -0.1) is 21.6 Å². The van der Waals surface area contributed by atoms with E-state index in [0.717, 1.165) is 0 Å². The third-order valence-corrected chi connectivity index (χ3v) is 6.78. The first-order chi connectivity index (χ1) is 16.9. The number of benzene rings is 1. The summed E-state index contributed by atoms with van der Waals surface area (Å²) in [6.07, 6.45) is 3.70. The first-order valence-electron chi connectivity index (χ1n) is 11.6. The highest BCUT2D eigenvalue weighted by Gasteiger charge is 2.35. The molecule has 0 amide bonds. The zero-order valence-corrected chi connectivity index (χ0v) is 22.1. The minimum Gasteiger partial charge on any atom is -0.485 e. The van der Waals surface area contributed by atoms with Crippen LogP contribution < -0.4 is 9.47 Å². The van der Waals surface area contributed by atoms with Gasteiger partial charge in [-0.1, -0.05) is 53.7 Å². The van der Waals surface area contributed by atoms with Crippen LogP contribution in [0.1, 0.15) is 46.4 Å². The number of ketones is 1. The van der Waals surface area contributed by atoms with Crippen LogP contribution in [0.4, 0.5) is 11.4 Å². The Kier molecular flexibility index (Phi) is 6.70. The van der Waals surface area contributed by atoms with Crippen LogP contribution in [0.5, 0.6) is 11.5 Å². The number of carbonyl (C=O) groups excluding carboxylic acids is 1. The van der Waals surface area contributed by atoms with Gasteiger partial charge in [0.1, 0.15) is 23.8 Å². The number of azo groups is 1. The van der Waals surface area contributed by atoms with E-state index in [1.165, 1.54) is 17.4 Å². The van der Waals surface area contributed by atoms with Crippen LogP contribution >= 0.6 is 11.3 Å². The molecule has 188 valence electrons. The van der Waals surface area contributed by atoms with Crippen molar-refractivity contribution in [3.63, 3.8) is 0 Å². The number of fused-ring (bicyclic) bond motifs is 1. The molecule has 36 heavy (non-hydrogen) atoms. The van der Waals surface area contributed by atoms with Gasteiger partial charge in [0.15, 0.2) is 23.0 Å². The van der Waals surface area contributed by atoms with Crippen molar-refractivity contribution in [3.8, 4) is 11.5 Å². The van der Waals surface area contributed by atoms with Crippen molar-refractivity contribution in [3.05, 3.63) is 73.5 Å². The van der Waals surface area contributed by atoms with Crippen molar-refractivity contribution in [1.82, 2.24) is 0 Å². The number of rotatable bonds is 4. The Morgan fingerprint density at radius 3 is 2.22 bits per heavy atom. The van der Waals surface area contributed by atoms with E-state index in [9.17, 15) is 14.9 Å². The van der Waals surface area contributed by atoms with Crippen molar-refractivity contribution in [1.29, 1.82) is 0 Å². The fraction of sp³-hybridized carbons (Fsp3) is 0.370. The number of carbonyl (C=O) groups is 1. The molecule has 0 fully saturated rings. The van der Waals surface area contributed by atoms with E-state index in [0.29, 0.717) is 52.0 Å². The lowest BCUT2D eigenvalue weighted by atomic mass is 9.71. The standard InChI is InChI=1S/C27H29N3O5S/c1-26(2,3)17-13-16(14-18(23(17)31)27(4,5)6)22(25-24-21(15-36-25)34-11-12-35-24)29-28-19-9-7-8-10-20(19)30(32)33/h7-10,13-15H,11-12H2,1-6H3. The first-order valence-corrected chi connectivity index (χ1v) is 12.5. The second-order valence-corrected chi connectivity index (χ2v) is 11.5. The molecule has 0 radical (unpaired) electrons. The molecule has 2 aromatic rings. The largest absolute Gasteiger partial charge is 0.485 e. The quantitative estimate of drug-likeness (QED) is 0.243. The van der Waals surface area contributed by atoms with E-state index in [-0.39, 0.29) is 17.2 Å². The van der Waals surface area contributed by atoms with Crippen LogP contribution in [-0.4, -0.2) is 23.9 Å². The summed E-state index contributed by atoms with van der Waals surface area (Å²) < 4.78 is 11.7. The number of nitrogens with zero attached hydrogens (tertiary/aromatic N) is 3. The Labute approximate surface area is 214 Å². The Morgan fingerprint density at radius 2 is 1.61 bits per heavy atom. The minimum absolute atomic E-state index is 0.00141. The van der Waals surface area contributed by atoms with E-state index in [1.807, 2.05) is 59.1 Å². The molecule has 0 saturated heterocycles. The molecular formula is C27H29N3O5S. The molecule has 4 rings (SSSR count). The van der Waals surface area contributed by atoms with Crippen LogP contribution in [0.3, 0.4) is 0 Å². The van der Waals surface area contributed by atoms with Gasteiger partial charge in [-0.25, -0.2) is 0 Å². The van der Waals surface area contributed by atoms with Gasteiger partial charge in [0, 0.05) is 28.2 Å². The highest BCUT2D eigenvalue weighted by Crippen LogP contribution is 2.47. The second-order valence-electron chi connectivity index (χ2n) is 10.7. The number of nitro benzene ring substituents is 1. The highest BCUT2D eigenvalue weighted by molar-refractivity contribution is 7.11. The molecule has 1 aliphatic heterocycles. The topological polar surface area (TPSA) is 103 Å². The van der Waals surface area contributed by atoms with Crippen molar-refractivity contribution >= 4 is 34.2 Å². The van der Waals surface area contributed by atoms with E-state index in [1.54, 1.807) is 18.2 Å². The van der Waals surface area contributed by atoms with Gasteiger partial charge in [-0.05, 0) is 29.0 Å². The van der Waals surface area contributed by atoms with Crippen molar-refractivity contribution < 1.29 is 19.2 Å². The summed E-state index contributed by atoms with van der Waals surface area (Å²) in [6.45, 7) is 12.8. The maximum absolute atomic E-state index is 13.5. The molecule has 2 heterocycles. The zero-order chi connectivity index (χ0) is 26.3. The maximum atomic E-state index is 13.5. The normalized spacial score (nSPS) is 16.2. The SMILES string of the molecule is CC(C)(C)C1=CC(=C(N=Nc2ccccc2[N+](=O)[O-])c2scc3c2OCCO3)C=C(C(C)(C)C)C1=O. The van der Waals surface area contributed by atoms with Gasteiger partial charge in [0.2, 0.25) is 0 Å². The molecule has 9 heteroatoms. The summed E-state index contributed by atoms with van der Waals surface area (Å²) in [6, 6.07) is 6.19. The Morgan fingerprint density at radius 1 is 1.00 bits per heavy atom. The Bertz CT molecular complexity index is 1310. The van der Waals surface area contributed by atoms with Gasteiger partial charge in [0.05, 0.1) is 4.92 Å². The fourth-order valence-electron chi connectivity index (χ4n) is 3.95. The summed E-state index contributed by atoms with van der Waals surface area (Å²) >= 11 is 1.39. The lowest BCUT2D eigenvalue weighted by molar-refractivity contribution is -0.384. The number of ether oxygens (including phenoxy) is 2. The predicted octanol–water partition coefficient (Wildman–Crippen LogP) is 7.45. The number of hydrogen-bond donors (Lipinski definition) is 0. The van der Waals surface area contributed by atoms with Gasteiger partial charge >= 0.3 is 0 Å². The Balaban J connectivity index is 2.00. The number of allylic oxidation sites excluding steroid dienone is 5. The molecule has 0 spiro atoms. The third-order valence-electron chi connectivity index (χ3n) is 5.83. The smallest absolute Gasteiger partial charge is 0.296 e. The average molecular weight is 508 g/mol. The average Bonchev–Trinajstić information content (AvgIpc) is 3.22. The van der Waals surface area contributed by atoms with E-state index in [4.69, 9.17) is 9.47 Å². The first kappa shape index (κ1) is 25.5. The molecule has 0 N–H and O–H groups in total. The summed E-state index contributed by atoms with van der Waals surface area (Å²) in [5.41, 5.74) is 1.62. The van der Waals surface area contributed by atoms with Gasteiger partial charge < -0.3 is 9.47 Å². The fourth-order valence-corrected chi connectivity index (χ4v) is 4.88. The van der Waals surface area contributed by atoms with Crippen LogP contribution in [-0.2, 0) is 4.79 Å². The molecule has 2 aliphatic rings. The molecule has 1 aromatic carbocycles. The van der Waals surface area contributed by atoms with Crippen molar-refractivity contribution in [2.24, 2.45) is 21.1 Å². The molecule has 8 nitrogen and oxygen atoms in total. The summed E-state index contributed by atoms with van der Waals surface area (Å²) in [7, 11) is 0. The number of Topliss-reactive ketones (excluding diaryl/α,β-unsaturated/α-hetero) is 1. The monoisotopic (exact) mass is 507 g/mol. The summed E-state index contributed by atoms with van der Waals surface area (Å²) in [5.74, 6) is 1.18. The van der Waals surface area contributed by atoms with E-state index >= 15 is 0 Å². The second kappa shape index (κ2) is 9.46. The van der Waals surface area contributed by atoms with E-state index < -0.39 is 15.8 Å². The number of thiophene rings is 1. The molecule has 1 aromatic heterocycles. The summed E-state index contributed by atoms with van der Waals surface area (Å²) in [5, 5.41) is 22.2. The molecule has 1 aliphatic carbocycles. The summed E-state index contributed by atoms with van der Waals surface area (Å²) in [4.78, 5) is 25.2. The Hall–Kier alpha value is -3.59. The lowest BCUT2D eigenvalue weighted by Crippen LogP contribution is -2.28. The molecule has 0 unspecified atom stereocenters. The van der Waals surface area contributed by atoms with Gasteiger partial charge in [-0.2, -0.15) is 0 Å². The van der Waals surface area contributed by atoms with Crippen molar-refractivity contribution in [2.45, 2.75) is 41.5 Å². The van der Waals surface area contributed by atoms with Crippen LogP contribution in [0.15, 0.2) is 68.7 Å². The molecule has 0 saturated carbocycles. The number of hydrogen-bond acceptors (Lipinski definition) is 8. The lowest BCUT2D eigenvalue weighted by Gasteiger charge is -2.31.